The van der Waals surface area contributed by atoms with E-state index >= 15 is 0 Å². The minimum absolute atomic E-state index is 0.467. The Bertz CT molecular complexity index is 3780. The third kappa shape index (κ3) is 7.51. The predicted octanol–water partition coefficient (Wildman–Crippen LogP) is 19.0. The molecule has 13 rings (SSSR count). The molecule has 0 aliphatic heterocycles. The van der Waals surface area contributed by atoms with Gasteiger partial charge in [-0.3, -0.25) is 0 Å². The molecule has 0 radical (unpaired) electrons. The maximum atomic E-state index is 2.45. The van der Waals surface area contributed by atoms with Crippen molar-refractivity contribution in [2.24, 2.45) is 0 Å². The summed E-state index contributed by atoms with van der Waals surface area (Å²) in [6.45, 7) is 0. The Labute approximate surface area is 422 Å². The molecule has 1 aliphatic carbocycles. The number of rotatable bonds is 10. The quantitative estimate of drug-likeness (QED) is 0.132. The molecule has 0 bridgehead atoms. The molecule has 72 heavy (non-hydrogen) atoms. The van der Waals surface area contributed by atoms with Gasteiger partial charge in [0.2, 0.25) is 0 Å². The smallest absolute Gasteiger partial charge is 0.0713 e. The molecule has 12 aromatic carbocycles. The molecule has 0 aromatic heterocycles. The van der Waals surface area contributed by atoms with Crippen molar-refractivity contribution < 1.29 is 0 Å². The van der Waals surface area contributed by atoms with Gasteiger partial charge in [0.1, 0.15) is 0 Å². The Balaban J connectivity index is 0.933. The minimum atomic E-state index is -0.467. The molecule has 0 unspecified atom stereocenters. The second-order valence-electron chi connectivity index (χ2n) is 18.8. The first-order valence-corrected chi connectivity index (χ1v) is 24.9. The molecule has 12 aromatic rings. The Hall–Kier alpha value is -9.30. The molecule has 0 saturated carbocycles. The molecule has 0 heterocycles. The van der Waals surface area contributed by atoms with E-state index in [-0.39, 0.29) is 0 Å². The summed E-state index contributed by atoms with van der Waals surface area (Å²) in [5.74, 6) is 0. The molecule has 1 heteroatoms. The highest BCUT2D eigenvalue weighted by atomic mass is 15.1. The van der Waals surface area contributed by atoms with Crippen molar-refractivity contribution >= 4 is 27.8 Å². The molecular formula is C71H49N. The van der Waals surface area contributed by atoms with Gasteiger partial charge in [-0.1, -0.05) is 243 Å². The van der Waals surface area contributed by atoms with Crippen LogP contribution in [0.4, 0.5) is 17.1 Å². The van der Waals surface area contributed by atoms with Crippen LogP contribution in [-0.2, 0) is 5.41 Å². The van der Waals surface area contributed by atoms with E-state index in [1.54, 1.807) is 0 Å². The normalized spacial score (nSPS) is 12.3. The van der Waals surface area contributed by atoms with Crippen molar-refractivity contribution in [1.82, 2.24) is 0 Å². The van der Waals surface area contributed by atoms with Crippen LogP contribution in [0.25, 0.3) is 77.5 Å². The second-order valence-corrected chi connectivity index (χ2v) is 18.8. The number of hydrogen-bond acceptors (Lipinski definition) is 1. The molecule has 1 nitrogen and oxygen atoms in total. The van der Waals surface area contributed by atoms with Crippen LogP contribution in [0.3, 0.4) is 0 Å². The van der Waals surface area contributed by atoms with Gasteiger partial charge in [-0.15, -0.1) is 0 Å². The Morgan fingerprint density at radius 1 is 0.222 bits per heavy atom. The Morgan fingerprint density at radius 3 is 1.26 bits per heavy atom. The topological polar surface area (TPSA) is 3.24 Å². The van der Waals surface area contributed by atoms with E-state index in [9.17, 15) is 0 Å². The molecule has 0 N–H and O–H groups in total. The van der Waals surface area contributed by atoms with E-state index in [1.807, 2.05) is 0 Å². The average Bonchev–Trinajstić information content (AvgIpc) is 3.76. The first-order valence-electron chi connectivity index (χ1n) is 24.9. The fourth-order valence-corrected chi connectivity index (χ4v) is 11.4. The van der Waals surface area contributed by atoms with Crippen molar-refractivity contribution in [2.75, 3.05) is 4.90 Å². The van der Waals surface area contributed by atoms with E-state index in [0.29, 0.717) is 0 Å². The molecule has 0 fully saturated rings. The molecule has 0 saturated heterocycles. The van der Waals surface area contributed by atoms with Gasteiger partial charge in [0.05, 0.1) is 5.41 Å². The number of benzene rings is 12. The summed E-state index contributed by atoms with van der Waals surface area (Å²) in [7, 11) is 0. The Morgan fingerprint density at radius 2 is 0.639 bits per heavy atom. The zero-order valence-corrected chi connectivity index (χ0v) is 39.7. The van der Waals surface area contributed by atoms with Crippen LogP contribution in [0.1, 0.15) is 22.3 Å². The largest absolute Gasteiger partial charge is 0.310 e. The maximum Gasteiger partial charge on any atom is 0.0713 e. The van der Waals surface area contributed by atoms with E-state index < -0.39 is 5.41 Å². The molecule has 1 aliphatic rings. The SMILES string of the molecule is c1ccc(-c2cc(-c3ccccc3)cc(N(c3ccc(-c4cccc(-c5cccc6ccccc56)c4)cc3)c3ccc(-c4ccc5c(c4)C(c4ccccc4)(c4ccccc4)c4ccccc4-5)cc3)c2)cc1. The summed E-state index contributed by atoms with van der Waals surface area (Å²) < 4.78 is 0. The van der Waals surface area contributed by atoms with Crippen molar-refractivity contribution in [1.29, 1.82) is 0 Å². The summed E-state index contributed by atoms with van der Waals surface area (Å²) in [6.07, 6.45) is 0. The molecule has 0 spiro atoms. The highest BCUT2D eigenvalue weighted by molar-refractivity contribution is 5.97. The standard InChI is InChI=1S/C71H49N/c1-5-19-50(20-6-1)58-46-59(51-21-7-2-8-22-51)48-64(47-58)72(62-40-35-52(36-41-62)55-25-17-26-57(45-55)66-33-18-24-54-23-13-14-31-65(54)66)63-42-37-53(38-43-63)56-39-44-68-67-32-15-16-34-69(67)71(70(68)49-56,60-27-9-3-10-28-60)61-29-11-4-12-30-61/h1-49H. The minimum Gasteiger partial charge on any atom is -0.310 e. The molecular weight excluding hydrogens is 867 g/mol. The van der Waals surface area contributed by atoms with Gasteiger partial charge < -0.3 is 4.90 Å². The van der Waals surface area contributed by atoms with E-state index in [1.165, 1.54) is 83.1 Å². The number of fused-ring (bicyclic) bond motifs is 4. The third-order valence-corrected chi connectivity index (χ3v) is 14.7. The van der Waals surface area contributed by atoms with Gasteiger partial charge >= 0.3 is 0 Å². The van der Waals surface area contributed by atoms with Gasteiger partial charge in [0.25, 0.3) is 0 Å². The predicted molar refractivity (Wildman–Crippen MR) is 303 cm³/mol. The monoisotopic (exact) mass is 915 g/mol. The van der Waals surface area contributed by atoms with Crippen molar-refractivity contribution in [3.63, 3.8) is 0 Å². The highest BCUT2D eigenvalue weighted by Gasteiger charge is 2.46. The van der Waals surface area contributed by atoms with Crippen LogP contribution >= 0.6 is 0 Å². The second kappa shape index (κ2) is 18.2. The van der Waals surface area contributed by atoms with Crippen LogP contribution in [0.15, 0.2) is 297 Å². The van der Waals surface area contributed by atoms with Crippen LogP contribution in [0.5, 0.6) is 0 Å². The van der Waals surface area contributed by atoms with Crippen LogP contribution in [0.2, 0.25) is 0 Å². The first-order chi connectivity index (χ1) is 35.7. The summed E-state index contributed by atoms with van der Waals surface area (Å²) >= 11 is 0. The summed E-state index contributed by atoms with van der Waals surface area (Å²) in [5, 5.41) is 2.51. The lowest BCUT2D eigenvalue weighted by Crippen LogP contribution is -2.28. The molecule has 338 valence electrons. The van der Waals surface area contributed by atoms with Crippen molar-refractivity contribution in [2.45, 2.75) is 5.41 Å². The fraction of sp³-hybridized carbons (Fsp3) is 0.0141. The number of hydrogen-bond donors (Lipinski definition) is 0. The van der Waals surface area contributed by atoms with E-state index in [2.05, 4.69) is 302 Å². The van der Waals surface area contributed by atoms with Crippen LogP contribution < -0.4 is 4.90 Å². The lowest BCUT2D eigenvalue weighted by molar-refractivity contribution is 0.769. The zero-order chi connectivity index (χ0) is 47.8. The van der Waals surface area contributed by atoms with Crippen molar-refractivity contribution in [3.8, 4) is 66.8 Å². The van der Waals surface area contributed by atoms with Gasteiger partial charge in [-0.25, -0.2) is 0 Å². The van der Waals surface area contributed by atoms with Gasteiger partial charge in [-0.2, -0.15) is 0 Å². The Kier molecular flexibility index (Phi) is 10.8. The highest BCUT2D eigenvalue weighted by Crippen LogP contribution is 2.57. The van der Waals surface area contributed by atoms with Gasteiger partial charge in [0.15, 0.2) is 0 Å². The average molecular weight is 916 g/mol. The molecule has 0 amide bonds. The molecule has 0 atom stereocenters. The first kappa shape index (κ1) is 42.8. The van der Waals surface area contributed by atoms with E-state index in [4.69, 9.17) is 0 Å². The van der Waals surface area contributed by atoms with Crippen molar-refractivity contribution in [3.05, 3.63) is 320 Å². The maximum absolute atomic E-state index is 2.45. The number of nitrogens with zero attached hydrogens (tertiary/aromatic N) is 1. The fourth-order valence-electron chi connectivity index (χ4n) is 11.4. The summed E-state index contributed by atoms with van der Waals surface area (Å²) in [5.41, 5.74) is 22.3. The lowest BCUT2D eigenvalue weighted by Gasteiger charge is -2.34. The van der Waals surface area contributed by atoms with Gasteiger partial charge in [-0.05, 0) is 154 Å². The van der Waals surface area contributed by atoms with Crippen LogP contribution in [0, 0.1) is 0 Å². The third-order valence-electron chi connectivity index (χ3n) is 14.7. The summed E-state index contributed by atoms with van der Waals surface area (Å²) in [6, 6.07) is 109. The lowest BCUT2D eigenvalue weighted by atomic mass is 9.67. The summed E-state index contributed by atoms with van der Waals surface area (Å²) in [4.78, 5) is 2.41. The number of anilines is 3. The van der Waals surface area contributed by atoms with Gasteiger partial charge in [0, 0.05) is 17.1 Å². The van der Waals surface area contributed by atoms with Crippen LogP contribution in [-0.4, -0.2) is 0 Å². The zero-order valence-electron chi connectivity index (χ0n) is 39.7. The van der Waals surface area contributed by atoms with E-state index in [0.717, 1.165) is 33.8 Å².